The molecule has 5 heteroatoms. The lowest BCUT2D eigenvalue weighted by atomic mass is 10.1. The van der Waals surface area contributed by atoms with Crippen LogP contribution in [0.3, 0.4) is 0 Å². The van der Waals surface area contributed by atoms with Gasteiger partial charge < -0.3 is 19.2 Å². The van der Waals surface area contributed by atoms with Crippen molar-refractivity contribution in [2.75, 3.05) is 19.8 Å². The molecule has 0 saturated carbocycles. The Morgan fingerprint density at radius 2 is 2.05 bits per heavy atom. The molecule has 0 unspecified atom stereocenters. The molecule has 1 N–H and O–H groups in total. The van der Waals surface area contributed by atoms with E-state index >= 15 is 0 Å². The maximum Gasteiger partial charge on any atom is 0.393 e. The minimum atomic E-state index is 0.0626. The molecular formula is C14H26N2O3. The molecule has 0 bridgehead atoms. The molecular weight excluding hydrogens is 244 g/mol. The van der Waals surface area contributed by atoms with Gasteiger partial charge in [-0.15, -0.1) is 0 Å². The highest BCUT2D eigenvalue weighted by Gasteiger charge is 2.11. The van der Waals surface area contributed by atoms with Crippen LogP contribution in [-0.4, -0.2) is 30.3 Å². The molecule has 0 aromatic carbocycles. The van der Waals surface area contributed by atoms with Gasteiger partial charge in [0.25, 0.3) is 0 Å². The molecule has 1 rings (SSSR count). The maximum atomic E-state index is 5.39. The molecule has 0 fully saturated rings. The minimum Gasteiger partial charge on any atom is -0.448 e. The standard InChI is InChI=1S/C14H26N2O3/c1-5-6-7-17-8-9-18-13-16-12(11-19-13)10-15-14(2,3)4/h11,15H,5-10H2,1-4H3. The van der Waals surface area contributed by atoms with Gasteiger partial charge in [-0.25, -0.2) is 0 Å². The summed E-state index contributed by atoms with van der Waals surface area (Å²) in [5.41, 5.74) is 0.907. The van der Waals surface area contributed by atoms with Gasteiger partial charge in [0.15, 0.2) is 0 Å². The van der Waals surface area contributed by atoms with Crippen LogP contribution in [0.5, 0.6) is 6.08 Å². The lowest BCUT2D eigenvalue weighted by molar-refractivity contribution is 0.0864. The first-order valence-electron chi connectivity index (χ1n) is 6.91. The third kappa shape index (κ3) is 7.85. The first-order chi connectivity index (χ1) is 9.01. The van der Waals surface area contributed by atoms with Crippen LogP contribution >= 0.6 is 0 Å². The van der Waals surface area contributed by atoms with E-state index < -0.39 is 0 Å². The van der Waals surface area contributed by atoms with Gasteiger partial charge in [-0.1, -0.05) is 13.3 Å². The first-order valence-corrected chi connectivity index (χ1v) is 6.91. The number of rotatable bonds is 9. The van der Waals surface area contributed by atoms with E-state index in [1.54, 1.807) is 6.26 Å². The van der Waals surface area contributed by atoms with E-state index in [1.807, 2.05) is 0 Å². The molecule has 0 aliphatic heterocycles. The second-order valence-corrected chi connectivity index (χ2v) is 5.52. The quantitative estimate of drug-likeness (QED) is 0.699. The zero-order valence-corrected chi connectivity index (χ0v) is 12.5. The van der Waals surface area contributed by atoms with E-state index in [0.29, 0.717) is 25.8 Å². The van der Waals surface area contributed by atoms with Crippen LogP contribution in [0.2, 0.25) is 0 Å². The normalized spacial score (nSPS) is 11.8. The minimum absolute atomic E-state index is 0.0626. The predicted octanol–water partition coefficient (Wildman–Crippen LogP) is 2.76. The van der Waals surface area contributed by atoms with Crippen molar-refractivity contribution in [2.45, 2.75) is 52.6 Å². The number of nitrogens with zero attached hydrogens (tertiary/aromatic N) is 1. The highest BCUT2D eigenvalue weighted by atomic mass is 16.6. The van der Waals surface area contributed by atoms with Crippen LogP contribution in [0.25, 0.3) is 0 Å². The number of unbranched alkanes of at least 4 members (excludes halogenated alkanes) is 1. The molecule has 0 spiro atoms. The summed E-state index contributed by atoms with van der Waals surface area (Å²) >= 11 is 0. The van der Waals surface area contributed by atoms with E-state index in [4.69, 9.17) is 13.9 Å². The summed E-state index contributed by atoms with van der Waals surface area (Å²) in [6.07, 6.45) is 4.16. The molecule has 0 aliphatic rings. The van der Waals surface area contributed by atoms with Crippen LogP contribution in [0, 0.1) is 0 Å². The lowest BCUT2D eigenvalue weighted by Gasteiger charge is -2.19. The molecule has 0 amide bonds. The highest BCUT2D eigenvalue weighted by Crippen LogP contribution is 2.11. The van der Waals surface area contributed by atoms with E-state index in [-0.39, 0.29) is 5.54 Å². The molecule has 0 radical (unpaired) electrons. The summed E-state index contributed by atoms with van der Waals surface area (Å²) in [5, 5.41) is 3.34. The predicted molar refractivity (Wildman–Crippen MR) is 74.3 cm³/mol. The molecule has 0 aliphatic carbocycles. The Balaban J connectivity index is 2.16. The zero-order valence-electron chi connectivity index (χ0n) is 12.5. The first kappa shape index (κ1) is 16.0. The van der Waals surface area contributed by atoms with Gasteiger partial charge in [0.1, 0.15) is 12.9 Å². The summed E-state index contributed by atoms with van der Waals surface area (Å²) in [5.74, 6) is 0. The van der Waals surface area contributed by atoms with Crippen LogP contribution in [0.15, 0.2) is 10.7 Å². The fourth-order valence-corrected chi connectivity index (χ4v) is 1.33. The smallest absolute Gasteiger partial charge is 0.393 e. The number of hydrogen-bond donors (Lipinski definition) is 1. The van der Waals surface area contributed by atoms with Crippen molar-refractivity contribution in [3.63, 3.8) is 0 Å². The van der Waals surface area contributed by atoms with Gasteiger partial charge in [-0.3, -0.25) is 0 Å². The fraction of sp³-hybridized carbons (Fsp3) is 0.786. The molecule has 0 saturated heterocycles. The van der Waals surface area contributed by atoms with Crippen molar-refractivity contribution in [1.29, 1.82) is 0 Å². The van der Waals surface area contributed by atoms with E-state index in [0.717, 1.165) is 25.1 Å². The largest absolute Gasteiger partial charge is 0.448 e. The van der Waals surface area contributed by atoms with Gasteiger partial charge in [0.2, 0.25) is 0 Å². The third-order valence-corrected chi connectivity index (χ3v) is 2.43. The monoisotopic (exact) mass is 270 g/mol. The summed E-state index contributed by atoms with van der Waals surface area (Å²) < 4.78 is 16.0. The van der Waals surface area contributed by atoms with Crippen molar-refractivity contribution < 1.29 is 13.9 Å². The van der Waals surface area contributed by atoms with Crippen LogP contribution in [-0.2, 0) is 11.3 Å². The van der Waals surface area contributed by atoms with Crippen molar-refractivity contribution in [3.8, 4) is 6.08 Å². The Morgan fingerprint density at radius 3 is 2.74 bits per heavy atom. The average molecular weight is 270 g/mol. The molecule has 0 atom stereocenters. The fourth-order valence-electron chi connectivity index (χ4n) is 1.33. The second-order valence-electron chi connectivity index (χ2n) is 5.52. The van der Waals surface area contributed by atoms with Crippen LogP contribution < -0.4 is 10.1 Å². The Morgan fingerprint density at radius 1 is 1.26 bits per heavy atom. The van der Waals surface area contributed by atoms with Crippen molar-refractivity contribution in [1.82, 2.24) is 10.3 Å². The van der Waals surface area contributed by atoms with Gasteiger partial charge >= 0.3 is 6.08 Å². The van der Waals surface area contributed by atoms with E-state index in [9.17, 15) is 0 Å². The zero-order chi connectivity index (χ0) is 14.1. The van der Waals surface area contributed by atoms with Crippen LogP contribution in [0.1, 0.15) is 46.2 Å². The Bertz CT molecular complexity index is 345. The lowest BCUT2D eigenvalue weighted by Crippen LogP contribution is -2.35. The Hall–Kier alpha value is -1.07. The number of nitrogens with one attached hydrogen (secondary N) is 1. The molecule has 5 nitrogen and oxygen atoms in total. The molecule has 1 heterocycles. The van der Waals surface area contributed by atoms with Gasteiger partial charge in [0.05, 0.1) is 12.3 Å². The maximum absolute atomic E-state index is 5.39. The van der Waals surface area contributed by atoms with Crippen molar-refractivity contribution in [3.05, 3.63) is 12.0 Å². The topological polar surface area (TPSA) is 56.5 Å². The number of ether oxygens (including phenoxy) is 2. The highest BCUT2D eigenvalue weighted by molar-refractivity contribution is 5.00. The SMILES string of the molecule is CCCCOCCOc1nc(CNC(C)(C)C)co1. The van der Waals surface area contributed by atoms with Crippen molar-refractivity contribution >= 4 is 0 Å². The molecule has 19 heavy (non-hydrogen) atoms. The van der Waals surface area contributed by atoms with Gasteiger partial charge in [-0.2, -0.15) is 4.98 Å². The molecule has 1 aromatic rings. The number of oxazole rings is 1. The summed E-state index contributed by atoms with van der Waals surface area (Å²) in [6, 6.07) is 0. The second kappa shape index (κ2) is 8.17. The average Bonchev–Trinajstić information content (AvgIpc) is 2.78. The number of hydrogen-bond acceptors (Lipinski definition) is 5. The Labute approximate surface area is 115 Å². The molecule has 110 valence electrons. The summed E-state index contributed by atoms with van der Waals surface area (Å²) in [7, 11) is 0. The number of aromatic nitrogens is 1. The third-order valence-electron chi connectivity index (χ3n) is 2.43. The van der Waals surface area contributed by atoms with Gasteiger partial charge in [0, 0.05) is 18.7 Å². The summed E-state index contributed by atoms with van der Waals surface area (Å²) in [6.45, 7) is 11.0. The van der Waals surface area contributed by atoms with E-state index in [1.165, 1.54) is 0 Å². The Kier molecular flexibility index (Phi) is 6.87. The van der Waals surface area contributed by atoms with Gasteiger partial charge in [-0.05, 0) is 27.2 Å². The van der Waals surface area contributed by atoms with Crippen LogP contribution in [0.4, 0.5) is 0 Å². The molecule has 1 aromatic heterocycles. The summed E-state index contributed by atoms with van der Waals surface area (Å²) in [4.78, 5) is 4.24. The van der Waals surface area contributed by atoms with E-state index in [2.05, 4.69) is 38.0 Å². The van der Waals surface area contributed by atoms with Crippen molar-refractivity contribution in [2.24, 2.45) is 0 Å².